The second kappa shape index (κ2) is 6.98. The van der Waals surface area contributed by atoms with E-state index in [0.717, 1.165) is 27.6 Å². The first-order chi connectivity index (χ1) is 12.7. The highest BCUT2D eigenvalue weighted by atomic mass is 32.1. The molecular weight excluding hydrogens is 344 g/mol. The molecule has 0 bridgehead atoms. The van der Waals surface area contributed by atoms with Gasteiger partial charge in [0, 0.05) is 11.8 Å². The summed E-state index contributed by atoms with van der Waals surface area (Å²) in [5.41, 5.74) is 2.70. The highest BCUT2D eigenvalue weighted by Crippen LogP contribution is 2.28. The van der Waals surface area contributed by atoms with Gasteiger partial charge in [-0.25, -0.2) is 4.68 Å². The summed E-state index contributed by atoms with van der Waals surface area (Å²) in [5.74, 6) is 0.896. The first-order valence-corrected chi connectivity index (χ1v) is 9.06. The standard InChI is InChI=1S/C21H16N2O2S/c1-15-9-12-19(25-15)18(24)11-10-16-14-23(17-6-3-2-4-7-17)22-21(16)20-8-5-13-26-20/h2-14H,1H3/b11-10+. The van der Waals surface area contributed by atoms with Crippen LogP contribution in [-0.2, 0) is 0 Å². The van der Waals surface area contributed by atoms with Crippen molar-refractivity contribution in [2.75, 3.05) is 0 Å². The molecule has 4 rings (SSSR count). The van der Waals surface area contributed by atoms with Crippen LogP contribution in [0.5, 0.6) is 0 Å². The summed E-state index contributed by atoms with van der Waals surface area (Å²) >= 11 is 1.62. The molecule has 0 atom stereocenters. The third-order valence-electron chi connectivity index (χ3n) is 3.92. The van der Waals surface area contributed by atoms with E-state index in [1.54, 1.807) is 29.5 Å². The summed E-state index contributed by atoms with van der Waals surface area (Å²) in [4.78, 5) is 13.4. The molecule has 0 fully saturated rings. The Hall–Kier alpha value is -3.18. The van der Waals surface area contributed by atoms with Gasteiger partial charge in [0.05, 0.1) is 10.6 Å². The zero-order chi connectivity index (χ0) is 17.9. The van der Waals surface area contributed by atoms with Crippen LogP contribution < -0.4 is 0 Å². The predicted octanol–water partition coefficient (Wildman–Crippen LogP) is 5.40. The number of ketones is 1. The number of hydrogen-bond acceptors (Lipinski definition) is 4. The maximum atomic E-state index is 12.3. The molecule has 0 spiro atoms. The fraction of sp³-hybridized carbons (Fsp3) is 0.0476. The van der Waals surface area contributed by atoms with Gasteiger partial charge in [-0.1, -0.05) is 24.3 Å². The maximum absolute atomic E-state index is 12.3. The number of thiophene rings is 1. The Morgan fingerprint density at radius 2 is 1.96 bits per heavy atom. The molecule has 4 aromatic rings. The van der Waals surface area contributed by atoms with Crippen LogP contribution in [0.2, 0.25) is 0 Å². The highest BCUT2D eigenvalue weighted by molar-refractivity contribution is 7.13. The van der Waals surface area contributed by atoms with Crippen molar-refractivity contribution in [2.24, 2.45) is 0 Å². The molecule has 128 valence electrons. The number of allylic oxidation sites excluding steroid dienone is 1. The molecule has 0 aliphatic rings. The Labute approximate surface area is 155 Å². The molecule has 0 aliphatic carbocycles. The molecule has 4 nitrogen and oxygen atoms in total. The van der Waals surface area contributed by atoms with Crippen LogP contribution in [0.4, 0.5) is 0 Å². The fourth-order valence-electron chi connectivity index (χ4n) is 2.64. The van der Waals surface area contributed by atoms with Crippen LogP contribution in [0.15, 0.2) is 76.7 Å². The maximum Gasteiger partial charge on any atom is 0.221 e. The van der Waals surface area contributed by atoms with Crippen molar-refractivity contribution in [3.8, 4) is 16.3 Å². The molecule has 0 saturated heterocycles. The first kappa shape index (κ1) is 16.3. The fourth-order valence-corrected chi connectivity index (χ4v) is 3.37. The van der Waals surface area contributed by atoms with E-state index < -0.39 is 0 Å². The van der Waals surface area contributed by atoms with Crippen molar-refractivity contribution < 1.29 is 9.21 Å². The van der Waals surface area contributed by atoms with Crippen molar-refractivity contribution in [1.82, 2.24) is 9.78 Å². The number of aryl methyl sites for hydroxylation is 1. The first-order valence-electron chi connectivity index (χ1n) is 8.18. The molecule has 26 heavy (non-hydrogen) atoms. The largest absolute Gasteiger partial charge is 0.458 e. The zero-order valence-electron chi connectivity index (χ0n) is 14.1. The molecule has 0 radical (unpaired) electrons. The molecule has 0 saturated carbocycles. The predicted molar refractivity (Wildman–Crippen MR) is 104 cm³/mol. The number of aromatic nitrogens is 2. The third kappa shape index (κ3) is 3.30. The third-order valence-corrected chi connectivity index (χ3v) is 4.79. The molecular formula is C21H16N2O2S. The van der Waals surface area contributed by atoms with E-state index in [1.165, 1.54) is 6.08 Å². The highest BCUT2D eigenvalue weighted by Gasteiger charge is 2.12. The SMILES string of the molecule is Cc1ccc(C(=O)/C=C/c2cn(-c3ccccc3)nc2-c2cccs2)o1. The van der Waals surface area contributed by atoms with E-state index in [4.69, 9.17) is 9.52 Å². The average Bonchev–Trinajstić information content (AvgIpc) is 3.40. The number of hydrogen-bond donors (Lipinski definition) is 0. The van der Waals surface area contributed by atoms with E-state index in [0.29, 0.717) is 5.76 Å². The van der Waals surface area contributed by atoms with E-state index in [9.17, 15) is 4.79 Å². The number of nitrogens with zero attached hydrogens (tertiary/aromatic N) is 2. The molecule has 0 aliphatic heterocycles. The minimum Gasteiger partial charge on any atom is -0.458 e. The molecule has 3 aromatic heterocycles. The van der Waals surface area contributed by atoms with E-state index in [2.05, 4.69) is 0 Å². The summed E-state index contributed by atoms with van der Waals surface area (Å²) in [6.45, 7) is 1.82. The van der Waals surface area contributed by atoms with Crippen LogP contribution in [0.3, 0.4) is 0 Å². The summed E-state index contributed by atoms with van der Waals surface area (Å²) in [6.07, 6.45) is 5.25. The average molecular weight is 360 g/mol. The Morgan fingerprint density at radius 3 is 2.65 bits per heavy atom. The van der Waals surface area contributed by atoms with Gasteiger partial charge in [-0.3, -0.25) is 4.79 Å². The summed E-state index contributed by atoms with van der Waals surface area (Å²) < 4.78 is 7.22. The van der Waals surface area contributed by atoms with Gasteiger partial charge in [-0.05, 0) is 54.8 Å². The smallest absolute Gasteiger partial charge is 0.221 e. The van der Waals surface area contributed by atoms with Gasteiger partial charge in [0.2, 0.25) is 5.78 Å². The van der Waals surface area contributed by atoms with E-state index in [1.807, 2.05) is 65.6 Å². The number of carbonyl (C=O) groups is 1. The lowest BCUT2D eigenvalue weighted by Crippen LogP contribution is -1.93. The topological polar surface area (TPSA) is 48.0 Å². The van der Waals surface area contributed by atoms with Gasteiger partial charge in [-0.2, -0.15) is 5.10 Å². The molecule has 3 heterocycles. The van der Waals surface area contributed by atoms with Gasteiger partial charge in [0.25, 0.3) is 0 Å². The van der Waals surface area contributed by atoms with Crippen molar-refractivity contribution in [2.45, 2.75) is 6.92 Å². The molecule has 0 N–H and O–H groups in total. The van der Waals surface area contributed by atoms with Gasteiger partial charge in [0.1, 0.15) is 11.5 Å². The lowest BCUT2D eigenvalue weighted by Gasteiger charge is -1.99. The number of rotatable bonds is 5. The van der Waals surface area contributed by atoms with Crippen molar-refractivity contribution >= 4 is 23.2 Å². The number of furan rings is 1. The van der Waals surface area contributed by atoms with Crippen LogP contribution in [0.1, 0.15) is 21.9 Å². The minimum absolute atomic E-state index is 0.164. The molecule has 0 unspecified atom stereocenters. The minimum atomic E-state index is -0.164. The van der Waals surface area contributed by atoms with Crippen molar-refractivity contribution in [3.05, 3.63) is 89.3 Å². The van der Waals surface area contributed by atoms with E-state index >= 15 is 0 Å². The Bertz CT molecular complexity index is 1060. The summed E-state index contributed by atoms with van der Waals surface area (Å²) in [5, 5.41) is 6.73. The van der Waals surface area contributed by atoms with Crippen LogP contribution in [0.25, 0.3) is 22.3 Å². The monoisotopic (exact) mass is 360 g/mol. The summed E-state index contributed by atoms with van der Waals surface area (Å²) in [6, 6.07) is 17.4. The second-order valence-corrected chi connectivity index (χ2v) is 6.75. The lowest BCUT2D eigenvalue weighted by molar-refractivity contribution is 0.102. The lowest BCUT2D eigenvalue weighted by atomic mass is 10.2. The normalized spacial score (nSPS) is 11.3. The Morgan fingerprint density at radius 1 is 1.12 bits per heavy atom. The van der Waals surface area contributed by atoms with Gasteiger partial charge in [0.15, 0.2) is 5.76 Å². The van der Waals surface area contributed by atoms with Crippen LogP contribution >= 0.6 is 11.3 Å². The Kier molecular flexibility index (Phi) is 4.37. The number of benzene rings is 1. The zero-order valence-corrected chi connectivity index (χ0v) is 14.9. The number of para-hydroxylation sites is 1. The molecule has 5 heteroatoms. The second-order valence-electron chi connectivity index (χ2n) is 5.80. The quantitative estimate of drug-likeness (QED) is 0.354. The van der Waals surface area contributed by atoms with Crippen LogP contribution in [-0.4, -0.2) is 15.6 Å². The Balaban J connectivity index is 1.71. The van der Waals surface area contributed by atoms with Gasteiger partial charge >= 0.3 is 0 Å². The van der Waals surface area contributed by atoms with Gasteiger partial charge in [-0.15, -0.1) is 11.3 Å². The molecule has 0 amide bonds. The number of carbonyl (C=O) groups excluding carboxylic acids is 1. The van der Waals surface area contributed by atoms with Crippen molar-refractivity contribution in [3.63, 3.8) is 0 Å². The van der Waals surface area contributed by atoms with Crippen molar-refractivity contribution in [1.29, 1.82) is 0 Å². The summed E-state index contributed by atoms with van der Waals surface area (Å²) in [7, 11) is 0. The van der Waals surface area contributed by atoms with Crippen LogP contribution in [0, 0.1) is 6.92 Å². The molecule has 1 aromatic carbocycles. The van der Waals surface area contributed by atoms with Gasteiger partial charge < -0.3 is 4.42 Å². The van der Waals surface area contributed by atoms with E-state index in [-0.39, 0.29) is 5.78 Å².